The fourth-order valence-corrected chi connectivity index (χ4v) is 2.94. The Labute approximate surface area is 131 Å². The fourth-order valence-electron chi connectivity index (χ4n) is 2.94. The summed E-state index contributed by atoms with van der Waals surface area (Å²) in [5.41, 5.74) is 0.0292. The molecule has 22 heavy (non-hydrogen) atoms. The number of hydrogen-bond donors (Lipinski definition) is 1. The van der Waals surface area contributed by atoms with Gasteiger partial charge in [0, 0.05) is 32.7 Å². The van der Waals surface area contributed by atoms with Crippen LogP contribution in [-0.2, 0) is 4.74 Å². The van der Waals surface area contributed by atoms with Crippen LogP contribution < -0.4 is 0 Å². The van der Waals surface area contributed by atoms with Gasteiger partial charge in [0.25, 0.3) is 5.91 Å². The van der Waals surface area contributed by atoms with Gasteiger partial charge in [0.05, 0.1) is 22.8 Å². The van der Waals surface area contributed by atoms with Crippen LogP contribution in [-0.4, -0.2) is 48.3 Å². The van der Waals surface area contributed by atoms with Gasteiger partial charge in [-0.15, -0.1) is 0 Å². The smallest absolute Gasteiger partial charge is 0.255 e. The van der Waals surface area contributed by atoms with Gasteiger partial charge in [-0.3, -0.25) is 4.79 Å². The molecule has 1 aromatic rings. The molecule has 5 nitrogen and oxygen atoms in total. The molecule has 0 spiro atoms. The Balaban J connectivity index is 2.10. The van der Waals surface area contributed by atoms with Crippen LogP contribution in [0.25, 0.3) is 0 Å². The van der Waals surface area contributed by atoms with Crippen molar-refractivity contribution in [3.05, 3.63) is 35.4 Å². The van der Waals surface area contributed by atoms with Gasteiger partial charge in [-0.2, -0.15) is 5.26 Å². The van der Waals surface area contributed by atoms with E-state index in [4.69, 9.17) is 10.00 Å². The van der Waals surface area contributed by atoms with Crippen molar-refractivity contribution in [1.29, 1.82) is 5.26 Å². The SMILES string of the molecule is COCC[C@@]1(O)CCN(C(=O)c2ccccc2C#N)C[C@@H]1C. The van der Waals surface area contributed by atoms with Crippen LogP contribution in [0.2, 0.25) is 0 Å². The molecular formula is C17H22N2O3. The third-order valence-electron chi connectivity index (χ3n) is 4.53. The largest absolute Gasteiger partial charge is 0.389 e. The molecule has 0 aromatic heterocycles. The van der Waals surface area contributed by atoms with E-state index < -0.39 is 5.60 Å². The number of carbonyl (C=O) groups is 1. The molecule has 0 saturated carbocycles. The van der Waals surface area contributed by atoms with E-state index >= 15 is 0 Å². The second kappa shape index (κ2) is 6.91. The summed E-state index contributed by atoms with van der Waals surface area (Å²) in [5.74, 6) is -0.174. The zero-order valence-corrected chi connectivity index (χ0v) is 13.1. The lowest BCUT2D eigenvalue weighted by Gasteiger charge is -2.43. The monoisotopic (exact) mass is 302 g/mol. The van der Waals surface area contributed by atoms with Crippen LogP contribution in [0.5, 0.6) is 0 Å². The van der Waals surface area contributed by atoms with E-state index in [-0.39, 0.29) is 11.8 Å². The summed E-state index contributed by atoms with van der Waals surface area (Å²) in [6.45, 7) is 3.43. The highest BCUT2D eigenvalue weighted by atomic mass is 16.5. The van der Waals surface area contributed by atoms with Crippen molar-refractivity contribution in [2.24, 2.45) is 5.92 Å². The first-order chi connectivity index (χ1) is 10.5. The van der Waals surface area contributed by atoms with Gasteiger partial charge in [0.1, 0.15) is 0 Å². The lowest BCUT2D eigenvalue weighted by Crippen LogP contribution is -2.53. The average molecular weight is 302 g/mol. The highest BCUT2D eigenvalue weighted by molar-refractivity contribution is 5.96. The molecule has 1 saturated heterocycles. The first-order valence-corrected chi connectivity index (χ1v) is 7.51. The van der Waals surface area contributed by atoms with E-state index in [2.05, 4.69) is 6.07 Å². The van der Waals surface area contributed by atoms with Crippen LogP contribution in [0, 0.1) is 17.2 Å². The van der Waals surface area contributed by atoms with Crippen LogP contribution in [0.15, 0.2) is 24.3 Å². The Kier molecular flexibility index (Phi) is 5.17. The molecule has 1 aromatic carbocycles. The molecular weight excluding hydrogens is 280 g/mol. The predicted octanol–water partition coefficient (Wildman–Crippen LogP) is 1.81. The maximum atomic E-state index is 12.6. The second-order valence-electron chi connectivity index (χ2n) is 5.91. The van der Waals surface area contributed by atoms with Gasteiger partial charge < -0.3 is 14.7 Å². The first-order valence-electron chi connectivity index (χ1n) is 7.51. The number of likely N-dealkylation sites (tertiary alicyclic amines) is 1. The van der Waals surface area contributed by atoms with Crippen molar-refractivity contribution in [3.63, 3.8) is 0 Å². The number of carbonyl (C=O) groups excluding carboxylic acids is 1. The summed E-state index contributed by atoms with van der Waals surface area (Å²) in [4.78, 5) is 14.3. The van der Waals surface area contributed by atoms with Crippen molar-refractivity contribution in [1.82, 2.24) is 4.90 Å². The lowest BCUT2D eigenvalue weighted by molar-refractivity contribution is -0.0750. The van der Waals surface area contributed by atoms with Crippen LogP contribution >= 0.6 is 0 Å². The van der Waals surface area contributed by atoms with Crippen molar-refractivity contribution >= 4 is 5.91 Å². The quantitative estimate of drug-likeness (QED) is 0.920. The summed E-state index contributed by atoms with van der Waals surface area (Å²) >= 11 is 0. The number of nitriles is 1. The Morgan fingerprint density at radius 2 is 2.27 bits per heavy atom. The molecule has 0 radical (unpaired) electrons. The third kappa shape index (κ3) is 3.29. The minimum Gasteiger partial charge on any atom is -0.389 e. The summed E-state index contributed by atoms with van der Waals surface area (Å²) in [5, 5.41) is 19.8. The van der Waals surface area contributed by atoms with Gasteiger partial charge >= 0.3 is 0 Å². The molecule has 1 aliphatic rings. The average Bonchev–Trinajstić information content (AvgIpc) is 2.55. The number of ether oxygens (including phenoxy) is 1. The summed E-state index contributed by atoms with van der Waals surface area (Å²) in [6, 6.07) is 8.89. The third-order valence-corrected chi connectivity index (χ3v) is 4.53. The zero-order valence-electron chi connectivity index (χ0n) is 13.1. The Bertz CT molecular complexity index is 582. The Hall–Kier alpha value is -1.90. The Morgan fingerprint density at radius 3 is 2.91 bits per heavy atom. The van der Waals surface area contributed by atoms with Gasteiger partial charge in [-0.25, -0.2) is 0 Å². The number of amides is 1. The van der Waals surface area contributed by atoms with Crippen molar-refractivity contribution < 1.29 is 14.6 Å². The number of nitrogens with zero attached hydrogens (tertiary/aromatic N) is 2. The molecule has 1 amide bonds. The van der Waals surface area contributed by atoms with E-state index in [0.717, 1.165) is 0 Å². The minimum atomic E-state index is -0.790. The topological polar surface area (TPSA) is 73.6 Å². The van der Waals surface area contributed by atoms with Crippen molar-refractivity contribution in [2.75, 3.05) is 26.8 Å². The number of methoxy groups -OCH3 is 1. The summed E-state index contributed by atoms with van der Waals surface area (Å²) in [7, 11) is 1.62. The van der Waals surface area contributed by atoms with Crippen molar-refractivity contribution in [3.8, 4) is 6.07 Å². The second-order valence-corrected chi connectivity index (χ2v) is 5.91. The molecule has 1 heterocycles. The van der Waals surface area contributed by atoms with Gasteiger partial charge in [0.15, 0.2) is 0 Å². The highest BCUT2D eigenvalue weighted by Crippen LogP contribution is 2.31. The van der Waals surface area contributed by atoms with Crippen LogP contribution in [0.3, 0.4) is 0 Å². The van der Waals surface area contributed by atoms with E-state index in [1.807, 2.05) is 6.92 Å². The lowest BCUT2D eigenvalue weighted by atomic mass is 9.79. The highest BCUT2D eigenvalue weighted by Gasteiger charge is 2.40. The van der Waals surface area contributed by atoms with E-state index in [1.165, 1.54) is 0 Å². The molecule has 1 fully saturated rings. The number of rotatable bonds is 4. The maximum Gasteiger partial charge on any atom is 0.255 e. The van der Waals surface area contributed by atoms with Crippen LogP contribution in [0.1, 0.15) is 35.7 Å². The van der Waals surface area contributed by atoms with E-state index in [1.54, 1.807) is 36.3 Å². The zero-order chi connectivity index (χ0) is 16.2. The molecule has 5 heteroatoms. The molecule has 0 bridgehead atoms. The standard InChI is InChI=1S/C17H22N2O3/c1-13-12-19(9-7-17(13,21)8-10-22-2)16(20)15-6-4-3-5-14(15)11-18/h3-6,13,21H,7-10,12H2,1-2H3/t13-,17-/m0/s1. The molecule has 0 aliphatic carbocycles. The van der Waals surface area contributed by atoms with Gasteiger partial charge in [-0.05, 0) is 25.0 Å². The number of benzene rings is 1. The number of aliphatic hydroxyl groups is 1. The molecule has 1 aliphatic heterocycles. The molecule has 1 N–H and O–H groups in total. The molecule has 2 atom stereocenters. The van der Waals surface area contributed by atoms with Gasteiger partial charge in [-0.1, -0.05) is 19.1 Å². The van der Waals surface area contributed by atoms with E-state index in [0.29, 0.717) is 43.7 Å². The molecule has 0 unspecified atom stereocenters. The van der Waals surface area contributed by atoms with Gasteiger partial charge in [0.2, 0.25) is 0 Å². The maximum absolute atomic E-state index is 12.6. The summed E-state index contributed by atoms with van der Waals surface area (Å²) < 4.78 is 5.06. The first kappa shape index (κ1) is 16.5. The number of piperidine rings is 1. The minimum absolute atomic E-state index is 0.0328. The fraction of sp³-hybridized carbons (Fsp3) is 0.529. The predicted molar refractivity (Wildman–Crippen MR) is 82.3 cm³/mol. The molecule has 2 rings (SSSR count). The summed E-state index contributed by atoms with van der Waals surface area (Å²) in [6.07, 6.45) is 1.10. The van der Waals surface area contributed by atoms with Crippen molar-refractivity contribution in [2.45, 2.75) is 25.4 Å². The molecule has 118 valence electrons. The normalized spacial score (nSPS) is 24.8. The Morgan fingerprint density at radius 1 is 1.55 bits per heavy atom. The number of hydrogen-bond acceptors (Lipinski definition) is 4. The van der Waals surface area contributed by atoms with Crippen LogP contribution in [0.4, 0.5) is 0 Å². The van der Waals surface area contributed by atoms with E-state index in [9.17, 15) is 9.90 Å².